The predicted molar refractivity (Wildman–Crippen MR) is 83.7 cm³/mol. The van der Waals surface area contributed by atoms with Gasteiger partial charge in [0.25, 0.3) is 0 Å². The lowest BCUT2D eigenvalue weighted by Crippen LogP contribution is -2.46. The van der Waals surface area contributed by atoms with Gasteiger partial charge in [-0.3, -0.25) is 9.69 Å². The zero-order valence-corrected chi connectivity index (χ0v) is 12.6. The Morgan fingerprint density at radius 1 is 1.24 bits per heavy atom. The van der Waals surface area contributed by atoms with Crippen LogP contribution in [0.2, 0.25) is 0 Å². The summed E-state index contributed by atoms with van der Waals surface area (Å²) in [7, 11) is 0. The van der Waals surface area contributed by atoms with Gasteiger partial charge in [-0.05, 0) is 37.8 Å². The summed E-state index contributed by atoms with van der Waals surface area (Å²) < 4.78 is 0. The highest BCUT2D eigenvalue weighted by atomic mass is 16.2. The highest BCUT2D eigenvalue weighted by molar-refractivity contribution is 5.78. The van der Waals surface area contributed by atoms with Gasteiger partial charge in [0.05, 0.1) is 6.54 Å². The van der Waals surface area contributed by atoms with E-state index in [1.165, 1.54) is 18.4 Å². The van der Waals surface area contributed by atoms with Crippen LogP contribution in [0.3, 0.4) is 0 Å². The molecule has 1 heterocycles. The fourth-order valence-electron chi connectivity index (χ4n) is 3.31. The minimum Gasteiger partial charge on any atom is -0.337 e. The summed E-state index contributed by atoms with van der Waals surface area (Å²) in [6.45, 7) is 3.12. The van der Waals surface area contributed by atoms with E-state index in [2.05, 4.69) is 35.2 Å². The molecule has 0 bridgehead atoms. The number of rotatable bonds is 6. The number of hydrogen-bond donors (Lipinski definition) is 1. The standard InChI is InChI=1S/C17H25N3O/c18-11-17(21)20(15-8-9-15)13-16-7-4-10-19(16)12-14-5-2-1-3-6-14/h1-3,5-6,15-16H,4,7-13,18H2/t16-/m1/s1. The quantitative estimate of drug-likeness (QED) is 0.864. The van der Waals surface area contributed by atoms with Crippen LogP contribution in [0.25, 0.3) is 0 Å². The maximum Gasteiger partial charge on any atom is 0.236 e. The summed E-state index contributed by atoms with van der Waals surface area (Å²) in [5.74, 6) is 0.115. The number of nitrogens with zero attached hydrogens (tertiary/aromatic N) is 2. The summed E-state index contributed by atoms with van der Waals surface area (Å²) in [4.78, 5) is 16.6. The maximum atomic E-state index is 12.0. The van der Waals surface area contributed by atoms with E-state index in [4.69, 9.17) is 5.73 Å². The first-order valence-electron chi connectivity index (χ1n) is 8.05. The molecule has 1 aromatic carbocycles. The zero-order valence-electron chi connectivity index (χ0n) is 12.6. The number of hydrogen-bond acceptors (Lipinski definition) is 3. The third-order valence-electron chi connectivity index (χ3n) is 4.62. The van der Waals surface area contributed by atoms with Crippen molar-refractivity contribution >= 4 is 5.91 Å². The minimum atomic E-state index is 0.115. The summed E-state index contributed by atoms with van der Waals surface area (Å²) in [5.41, 5.74) is 6.92. The molecule has 1 saturated carbocycles. The van der Waals surface area contributed by atoms with Crippen LogP contribution in [-0.4, -0.2) is 47.4 Å². The third kappa shape index (κ3) is 3.63. The van der Waals surface area contributed by atoms with E-state index in [9.17, 15) is 4.79 Å². The summed E-state index contributed by atoms with van der Waals surface area (Å²) >= 11 is 0. The Morgan fingerprint density at radius 2 is 2.00 bits per heavy atom. The molecule has 1 aromatic rings. The fourth-order valence-corrected chi connectivity index (χ4v) is 3.31. The van der Waals surface area contributed by atoms with Gasteiger partial charge in [0.2, 0.25) is 5.91 Å². The molecule has 2 N–H and O–H groups in total. The number of benzene rings is 1. The second kappa shape index (κ2) is 6.58. The van der Waals surface area contributed by atoms with Gasteiger partial charge in [-0.15, -0.1) is 0 Å². The van der Waals surface area contributed by atoms with Crippen molar-refractivity contribution in [2.24, 2.45) is 5.73 Å². The number of carbonyl (C=O) groups excluding carboxylic acids is 1. The Labute approximate surface area is 126 Å². The maximum absolute atomic E-state index is 12.0. The molecule has 0 spiro atoms. The van der Waals surface area contributed by atoms with Gasteiger partial charge in [-0.1, -0.05) is 30.3 Å². The molecule has 21 heavy (non-hydrogen) atoms. The number of carbonyl (C=O) groups is 1. The van der Waals surface area contributed by atoms with Crippen molar-refractivity contribution in [1.82, 2.24) is 9.80 Å². The SMILES string of the molecule is NCC(=O)N(C[C@H]1CCCN1Cc1ccccc1)C1CC1. The molecule has 2 aliphatic rings. The van der Waals surface area contributed by atoms with Crippen LogP contribution in [-0.2, 0) is 11.3 Å². The third-order valence-corrected chi connectivity index (χ3v) is 4.62. The molecular formula is C17H25N3O. The number of nitrogens with two attached hydrogens (primary N) is 1. The van der Waals surface area contributed by atoms with Crippen LogP contribution >= 0.6 is 0 Å². The van der Waals surface area contributed by atoms with Crippen molar-refractivity contribution in [2.45, 2.75) is 44.3 Å². The average molecular weight is 287 g/mol. The lowest BCUT2D eigenvalue weighted by molar-refractivity contribution is -0.131. The van der Waals surface area contributed by atoms with E-state index in [0.717, 1.165) is 32.5 Å². The van der Waals surface area contributed by atoms with Gasteiger partial charge < -0.3 is 10.6 Å². The Morgan fingerprint density at radius 3 is 2.67 bits per heavy atom. The largest absolute Gasteiger partial charge is 0.337 e. The van der Waals surface area contributed by atoms with E-state index in [1.54, 1.807) is 0 Å². The Bertz CT molecular complexity index is 472. The van der Waals surface area contributed by atoms with Crippen molar-refractivity contribution in [3.05, 3.63) is 35.9 Å². The molecule has 1 amide bonds. The highest BCUT2D eigenvalue weighted by Gasteiger charge is 2.35. The first kappa shape index (κ1) is 14.5. The van der Waals surface area contributed by atoms with Crippen LogP contribution in [0.4, 0.5) is 0 Å². The van der Waals surface area contributed by atoms with Gasteiger partial charge in [-0.2, -0.15) is 0 Å². The van der Waals surface area contributed by atoms with Crippen molar-refractivity contribution in [1.29, 1.82) is 0 Å². The number of amides is 1. The first-order chi connectivity index (χ1) is 10.3. The molecule has 4 heteroatoms. The zero-order chi connectivity index (χ0) is 14.7. The van der Waals surface area contributed by atoms with Crippen LogP contribution < -0.4 is 5.73 Å². The normalized spacial score (nSPS) is 22.4. The smallest absolute Gasteiger partial charge is 0.236 e. The van der Waals surface area contributed by atoms with Crippen LogP contribution in [0.15, 0.2) is 30.3 Å². The predicted octanol–water partition coefficient (Wildman–Crippen LogP) is 1.60. The van der Waals surface area contributed by atoms with Gasteiger partial charge in [0.1, 0.15) is 0 Å². The van der Waals surface area contributed by atoms with Crippen molar-refractivity contribution < 1.29 is 4.79 Å². The van der Waals surface area contributed by atoms with Crippen molar-refractivity contribution in [2.75, 3.05) is 19.6 Å². The second-order valence-corrected chi connectivity index (χ2v) is 6.23. The molecule has 114 valence electrons. The fraction of sp³-hybridized carbons (Fsp3) is 0.588. The molecule has 0 unspecified atom stereocenters. The molecule has 0 aromatic heterocycles. The highest BCUT2D eigenvalue weighted by Crippen LogP contribution is 2.29. The average Bonchev–Trinajstić information content (AvgIpc) is 3.27. The molecule has 1 saturated heterocycles. The van der Waals surface area contributed by atoms with Crippen LogP contribution in [0.1, 0.15) is 31.2 Å². The Kier molecular flexibility index (Phi) is 4.56. The van der Waals surface area contributed by atoms with Gasteiger partial charge >= 0.3 is 0 Å². The first-order valence-corrected chi connectivity index (χ1v) is 8.05. The molecule has 3 rings (SSSR count). The lowest BCUT2D eigenvalue weighted by atomic mass is 10.1. The monoisotopic (exact) mass is 287 g/mol. The second-order valence-electron chi connectivity index (χ2n) is 6.23. The van der Waals surface area contributed by atoms with Crippen LogP contribution in [0.5, 0.6) is 0 Å². The van der Waals surface area contributed by atoms with Gasteiger partial charge in [0, 0.05) is 25.2 Å². The molecule has 4 nitrogen and oxygen atoms in total. The molecule has 1 aliphatic heterocycles. The molecular weight excluding hydrogens is 262 g/mol. The van der Waals surface area contributed by atoms with E-state index >= 15 is 0 Å². The summed E-state index contributed by atoms with van der Waals surface area (Å²) in [6, 6.07) is 11.5. The summed E-state index contributed by atoms with van der Waals surface area (Å²) in [5, 5.41) is 0. The van der Waals surface area contributed by atoms with E-state index in [-0.39, 0.29) is 12.5 Å². The summed E-state index contributed by atoms with van der Waals surface area (Å²) in [6.07, 6.45) is 4.72. The molecule has 1 atom stereocenters. The Balaban J connectivity index is 1.62. The molecule has 2 fully saturated rings. The van der Waals surface area contributed by atoms with E-state index in [1.807, 2.05) is 4.90 Å². The van der Waals surface area contributed by atoms with Crippen molar-refractivity contribution in [3.8, 4) is 0 Å². The van der Waals surface area contributed by atoms with E-state index < -0.39 is 0 Å². The van der Waals surface area contributed by atoms with Crippen LogP contribution in [0, 0.1) is 0 Å². The molecule has 1 aliphatic carbocycles. The lowest BCUT2D eigenvalue weighted by Gasteiger charge is -2.31. The minimum absolute atomic E-state index is 0.115. The molecule has 0 radical (unpaired) electrons. The van der Waals surface area contributed by atoms with Gasteiger partial charge in [0.15, 0.2) is 0 Å². The topological polar surface area (TPSA) is 49.6 Å². The van der Waals surface area contributed by atoms with Gasteiger partial charge in [-0.25, -0.2) is 0 Å². The van der Waals surface area contributed by atoms with E-state index in [0.29, 0.717) is 12.1 Å². The Hall–Kier alpha value is -1.39. The van der Waals surface area contributed by atoms with Crippen molar-refractivity contribution in [3.63, 3.8) is 0 Å². The number of likely N-dealkylation sites (tertiary alicyclic amines) is 1.